The van der Waals surface area contributed by atoms with E-state index in [1.807, 2.05) is 18.2 Å². The number of ketones is 1. The molecule has 1 aliphatic rings. The molecule has 0 radical (unpaired) electrons. The molecule has 17 heavy (non-hydrogen) atoms. The fraction of sp³-hybridized carbons (Fsp3) is 0.500. The van der Waals surface area contributed by atoms with Gasteiger partial charge in [0.2, 0.25) is 0 Å². The molecule has 92 valence electrons. The Labute approximate surface area is 110 Å². The molecule has 0 N–H and O–H groups in total. The van der Waals surface area contributed by atoms with Gasteiger partial charge in [0, 0.05) is 16.0 Å². The fourth-order valence-electron chi connectivity index (χ4n) is 2.56. The summed E-state index contributed by atoms with van der Waals surface area (Å²) in [6.45, 7) is 2.17. The van der Waals surface area contributed by atoms with E-state index in [-0.39, 0.29) is 11.7 Å². The van der Waals surface area contributed by atoms with Crippen molar-refractivity contribution >= 4 is 21.7 Å². The Morgan fingerprint density at radius 3 is 2.71 bits per heavy atom. The van der Waals surface area contributed by atoms with E-state index >= 15 is 0 Å². The highest BCUT2D eigenvalue weighted by atomic mass is 79.9. The van der Waals surface area contributed by atoms with Crippen molar-refractivity contribution in [3.05, 3.63) is 28.2 Å². The van der Waals surface area contributed by atoms with Gasteiger partial charge in [-0.1, -0.05) is 13.3 Å². The van der Waals surface area contributed by atoms with Crippen LogP contribution in [0.4, 0.5) is 0 Å². The van der Waals surface area contributed by atoms with Crippen molar-refractivity contribution in [2.45, 2.75) is 26.2 Å². The average Bonchev–Trinajstić information content (AvgIpc) is 2.74. The third-order valence-corrected chi connectivity index (χ3v) is 4.30. The summed E-state index contributed by atoms with van der Waals surface area (Å²) in [6.07, 6.45) is 3.37. The van der Waals surface area contributed by atoms with Gasteiger partial charge in [-0.25, -0.2) is 0 Å². The maximum atomic E-state index is 12.4. The largest absolute Gasteiger partial charge is 0.497 e. The van der Waals surface area contributed by atoms with Gasteiger partial charge in [-0.05, 0) is 52.9 Å². The molecule has 1 saturated carbocycles. The standard InChI is InChI=1S/C14H17BrO2/c1-9-4-3-5-11(9)14(16)12-7-6-10(17-2)8-13(12)15/h6-9,11H,3-5H2,1-2H3. The molecule has 1 fully saturated rings. The van der Waals surface area contributed by atoms with E-state index in [9.17, 15) is 4.79 Å². The first-order chi connectivity index (χ1) is 8.13. The van der Waals surface area contributed by atoms with Crippen LogP contribution in [0.1, 0.15) is 36.5 Å². The van der Waals surface area contributed by atoms with Crippen molar-refractivity contribution in [3.8, 4) is 5.75 Å². The number of carbonyl (C=O) groups is 1. The minimum atomic E-state index is 0.194. The average molecular weight is 297 g/mol. The number of ether oxygens (including phenoxy) is 1. The molecule has 0 aliphatic heterocycles. The maximum Gasteiger partial charge on any atom is 0.167 e. The lowest BCUT2D eigenvalue weighted by Gasteiger charge is -2.15. The second-order valence-corrected chi connectivity index (χ2v) is 5.58. The highest BCUT2D eigenvalue weighted by Crippen LogP contribution is 2.35. The van der Waals surface area contributed by atoms with E-state index in [1.165, 1.54) is 12.8 Å². The van der Waals surface area contributed by atoms with E-state index in [2.05, 4.69) is 22.9 Å². The summed E-state index contributed by atoms with van der Waals surface area (Å²) in [6, 6.07) is 5.56. The third-order valence-electron chi connectivity index (χ3n) is 3.64. The van der Waals surface area contributed by atoms with Gasteiger partial charge in [0.15, 0.2) is 5.78 Å². The molecule has 3 heteroatoms. The van der Waals surface area contributed by atoms with E-state index in [4.69, 9.17) is 4.74 Å². The Hall–Kier alpha value is -0.830. The minimum absolute atomic E-state index is 0.194. The molecule has 0 bridgehead atoms. The zero-order chi connectivity index (χ0) is 12.4. The van der Waals surface area contributed by atoms with Crippen LogP contribution in [-0.2, 0) is 0 Å². The SMILES string of the molecule is COc1ccc(C(=O)C2CCCC2C)c(Br)c1. The second kappa shape index (κ2) is 5.21. The van der Waals surface area contributed by atoms with E-state index in [0.717, 1.165) is 22.2 Å². The van der Waals surface area contributed by atoms with Crippen LogP contribution in [0.25, 0.3) is 0 Å². The zero-order valence-corrected chi connectivity index (χ0v) is 11.8. The Balaban J connectivity index is 2.25. The van der Waals surface area contributed by atoms with Crippen LogP contribution in [0.15, 0.2) is 22.7 Å². The van der Waals surface area contributed by atoms with Gasteiger partial charge in [0.1, 0.15) is 5.75 Å². The number of rotatable bonds is 3. The minimum Gasteiger partial charge on any atom is -0.497 e. The first-order valence-electron chi connectivity index (χ1n) is 6.01. The predicted octanol–water partition coefficient (Wildman–Crippen LogP) is 4.08. The molecule has 2 atom stereocenters. The van der Waals surface area contributed by atoms with Crippen molar-refractivity contribution in [2.75, 3.05) is 7.11 Å². The molecule has 2 rings (SSSR count). The fourth-order valence-corrected chi connectivity index (χ4v) is 3.11. The highest BCUT2D eigenvalue weighted by Gasteiger charge is 2.31. The topological polar surface area (TPSA) is 26.3 Å². The first kappa shape index (κ1) is 12.6. The lowest BCUT2D eigenvalue weighted by molar-refractivity contribution is 0.0896. The van der Waals surface area contributed by atoms with Crippen molar-refractivity contribution in [2.24, 2.45) is 11.8 Å². The van der Waals surface area contributed by atoms with E-state index in [0.29, 0.717) is 5.92 Å². The van der Waals surface area contributed by atoms with E-state index < -0.39 is 0 Å². The lowest BCUT2D eigenvalue weighted by atomic mass is 9.89. The smallest absolute Gasteiger partial charge is 0.167 e. The molecule has 1 aromatic rings. The molecular weight excluding hydrogens is 280 g/mol. The molecule has 1 aromatic carbocycles. The van der Waals surface area contributed by atoms with Crippen LogP contribution in [0.5, 0.6) is 5.75 Å². The molecule has 2 nitrogen and oxygen atoms in total. The second-order valence-electron chi connectivity index (χ2n) is 4.72. The predicted molar refractivity (Wildman–Crippen MR) is 71.5 cm³/mol. The Bertz CT molecular complexity index is 428. The quantitative estimate of drug-likeness (QED) is 0.786. The van der Waals surface area contributed by atoms with Gasteiger partial charge in [-0.2, -0.15) is 0 Å². The summed E-state index contributed by atoms with van der Waals surface area (Å²) < 4.78 is 5.97. The Kier molecular flexibility index (Phi) is 3.87. The van der Waals surface area contributed by atoms with Crippen molar-refractivity contribution in [1.82, 2.24) is 0 Å². The van der Waals surface area contributed by atoms with E-state index in [1.54, 1.807) is 7.11 Å². The number of hydrogen-bond acceptors (Lipinski definition) is 2. The van der Waals surface area contributed by atoms with Crippen LogP contribution >= 0.6 is 15.9 Å². The molecule has 0 spiro atoms. The number of Topliss-reactive ketones (excluding diaryl/α,β-unsaturated/α-hetero) is 1. The van der Waals surface area contributed by atoms with Crippen molar-refractivity contribution in [1.29, 1.82) is 0 Å². The highest BCUT2D eigenvalue weighted by molar-refractivity contribution is 9.10. The molecule has 2 unspecified atom stereocenters. The maximum absolute atomic E-state index is 12.4. The summed E-state index contributed by atoms with van der Waals surface area (Å²) in [5, 5.41) is 0. The van der Waals surface area contributed by atoms with Gasteiger partial charge < -0.3 is 4.74 Å². The molecule has 1 aliphatic carbocycles. The van der Waals surface area contributed by atoms with Gasteiger partial charge in [-0.15, -0.1) is 0 Å². The van der Waals surface area contributed by atoms with Crippen LogP contribution < -0.4 is 4.74 Å². The Morgan fingerprint density at radius 1 is 1.41 bits per heavy atom. The first-order valence-corrected chi connectivity index (χ1v) is 6.80. The number of carbonyl (C=O) groups excluding carboxylic acids is 1. The van der Waals surface area contributed by atoms with Crippen LogP contribution in [0.3, 0.4) is 0 Å². The third kappa shape index (κ3) is 2.54. The van der Waals surface area contributed by atoms with Crippen LogP contribution in [0.2, 0.25) is 0 Å². The lowest BCUT2D eigenvalue weighted by Crippen LogP contribution is -2.17. The molecule has 0 heterocycles. The van der Waals surface area contributed by atoms with Gasteiger partial charge in [0.25, 0.3) is 0 Å². The van der Waals surface area contributed by atoms with Gasteiger partial charge in [0.05, 0.1) is 7.11 Å². The summed E-state index contributed by atoms with van der Waals surface area (Å²) in [4.78, 5) is 12.4. The summed E-state index contributed by atoms with van der Waals surface area (Å²) >= 11 is 3.45. The zero-order valence-electron chi connectivity index (χ0n) is 10.2. The number of halogens is 1. The molecule has 0 amide bonds. The summed E-state index contributed by atoms with van der Waals surface area (Å²) in [7, 11) is 1.63. The van der Waals surface area contributed by atoms with Gasteiger partial charge >= 0.3 is 0 Å². The summed E-state index contributed by atoms with van der Waals surface area (Å²) in [5.74, 6) is 1.74. The number of methoxy groups -OCH3 is 1. The summed E-state index contributed by atoms with van der Waals surface area (Å²) in [5.41, 5.74) is 0.782. The monoisotopic (exact) mass is 296 g/mol. The Morgan fingerprint density at radius 2 is 2.18 bits per heavy atom. The number of benzene rings is 1. The molecular formula is C14H17BrO2. The normalized spacial score (nSPS) is 23.7. The molecule has 0 saturated heterocycles. The van der Waals surface area contributed by atoms with Crippen LogP contribution in [-0.4, -0.2) is 12.9 Å². The van der Waals surface area contributed by atoms with Crippen molar-refractivity contribution in [3.63, 3.8) is 0 Å². The number of hydrogen-bond donors (Lipinski definition) is 0. The van der Waals surface area contributed by atoms with Crippen molar-refractivity contribution < 1.29 is 9.53 Å². The van der Waals surface area contributed by atoms with Crippen LogP contribution in [0, 0.1) is 11.8 Å². The van der Waals surface area contributed by atoms with Gasteiger partial charge in [-0.3, -0.25) is 4.79 Å². The molecule has 0 aromatic heterocycles.